The zero-order chi connectivity index (χ0) is 12.8. The van der Waals surface area contributed by atoms with Gasteiger partial charge in [0.15, 0.2) is 0 Å². The van der Waals surface area contributed by atoms with E-state index in [0.29, 0.717) is 24.1 Å². The van der Waals surface area contributed by atoms with E-state index in [1.807, 2.05) is 6.92 Å². The number of methoxy groups -OCH3 is 2. The van der Waals surface area contributed by atoms with Gasteiger partial charge in [-0.05, 0) is 12.8 Å². The molecule has 0 aliphatic carbocycles. The van der Waals surface area contributed by atoms with Crippen LogP contribution in [0.1, 0.15) is 27.2 Å². The molecule has 0 N–H and O–H groups in total. The summed E-state index contributed by atoms with van der Waals surface area (Å²) < 4.78 is 10.6. The van der Waals surface area contributed by atoms with E-state index in [-0.39, 0.29) is 12.1 Å². The first-order valence-corrected chi connectivity index (χ1v) is 5.77. The molecule has 0 aromatic carbocycles. The number of rotatable bonds is 2. The highest BCUT2D eigenvalue weighted by molar-refractivity contribution is 5.94. The van der Waals surface area contributed by atoms with E-state index in [0.717, 1.165) is 0 Å². The van der Waals surface area contributed by atoms with E-state index in [1.54, 1.807) is 14.2 Å². The molecule has 0 spiro atoms. The SMILES string of the molecule is CC#CC[C@@H]1N=C(OC)[C@@H](C(C)C)N=C1OC. The normalized spacial score (nSPS) is 23.4. The minimum absolute atomic E-state index is 0.0548. The van der Waals surface area contributed by atoms with Gasteiger partial charge in [-0.15, -0.1) is 11.8 Å². The average molecular weight is 236 g/mol. The van der Waals surface area contributed by atoms with Crippen molar-refractivity contribution in [3.05, 3.63) is 0 Å². The summed E-state index contributed by atoms with van der Waals surface area (Å²) in [6, 6.07) is -0.196. The molecular weight excluding hydrogens is 216 g/mol. The maximum absolute atomic E-state index is 5.31. The molecule has 0 radical (unpaired) electrons. The van der Waals surface area contributed by atoms with Gasteiger partial charge in [-0.3, -0.25) is 0 Å². The first-order valence-electron chi connectivity index (χ1n) is 5.77. The summed E-state index contributed by atoms with van der Waals surface area (Å²) in [5, 5.41) is 0. The predicted octanol–water partition coefficient (Wildman–Crippen LogP) is 1.90. The topological polar surface area (TPSA) is 43.2 Å². The molecule has 2 atom stereocenters. The van der Waals surface area contributed by atoms with Crippen molar-refractivity contribution in [1.29, 1.82) is 0 Å². The van der Waals surface area contributed by atoms with Gasteiger partial charge in [-0.2, -0.15) is 0 Å². The molecule has 1 rings (SSSR count). The summed E-state index contributed by atoms with van der Waals surface area (Å²) in [7, 11) is 3.25. The van der Waals surface area contributed by atoms with Crippen molar-refractivity contribution in [2.75, 3.05) is 14.2 Å². The molecule has 0 unspecified atom stereocenters. The van der Waals surface area contributed by atoms with Crippen molar-refractivity contribution in [3.8, 4) is 11.8 Å². The highest BCUT2D eigenvalue weighted by Gasteiger charge is 2.30. The molecule has 0 aromatic rings. The molecule has 0 saturated carbocycles. The third kappa shape index (κ3) is 3.23. The molecule has 1 aliphatic heterocycles. The van der Waals surface area contributed by atoms with Gasteiger partial charge < -0.3 is 9.47 Å². The van der Waals surface area contributed by atoms with Crippen LogP contribution in [0.2, 0.25) is 0 Å². The Morgan fingerprint density at radius 1 is 1.18 bits per heavy atom. The largest absolute Gasteiger partial charge is 0.483 e. The van der Waals surface area contributed by atoms with E-state index in [9.17, 15) is 0 Å². The highest BCUT2D eigenvalue weighted by atomic mass is 16.5. The number of aliphatic imine (C=N–C) groups is 2. The number of ether oxygens (including phenoxy) is 2. The fraction of sp³-hybridized carbons (Fsp3) is 0.692. The smallest absolute Gasteiger partial charge is 0.210 e. The summed E-state index contributed by atoms with van der Waals surface area (Å²) in [4.78, 5) is 9.09. The van der Waals surface area contributed by atoms with Crippen LogP contribution >= 0.6 is 0 Å². The molecule has 17 heavy (non-hydrogen) atoms. The second-order valence-corrected chi connectivity index (χ2v) is 4.18. The molecule has 1 heterocycles. The number of nitrogens with zero attached hydrogens (tertiary/aromatic N) is 2. The fourth-order valence-corrected chi connectivity index (χ4v) is 1.69. The fourth-order valence-electron chi connectivity index (χ4n) is 1.69. The zero-order valence-corrected chi connectivity index (χ0v) is 11.2. The van der Waals surface area contributed by atoms with Gasteiger partial charge in [0, 0.05) is 6.42 Å². The van der Waals surface area contributed by atoms with Crippen molar-refractivity contribution < 1.29 is 9.47 Å². The van der Waals surface area contributed by atoms with Crippen LogP contribution < -0.4 is 0 Å². The number of hydrogen-bond donors (Lipinski definition) is 0. The molecule has 0 bridgehead atoms. The Labute approximate surface area is 103 Å². The monoisotopic (exact) mass is 236 g/mol. The first kappa shape index (κ1) is 13.6. The Hall–Kier alpha value is -1.50. The Morgan fingerprint density at radius 2 is 1.82 bits per heavy atom. The zero-order valence-electron chi connectivity index (χ0n) is 11.2. The van der Waals surface area contributed by atoms with Gasteiger partial charge in [0.1, 0.15) is 12.1 Å². The lowest BCUT2D eigenvalue weighted by molar-refractivity contribution is 0.333. The standard InChI is InChI=1S/C13H20N2O2/c1-6-7-8-10-12(16-4)15-11(9(2)3)13(14-10)17-5/h9-11H,8H2,1-5H3/t10-,11+/m0/s1. The Balaban J connectivity index is 2.96. The molecular formula is C13H20N2O2. The Bertz CT molecular complexity index is 375. The van der Waals surface area contributed by atoms with Gasteiger partial charge in [-0.25, -0.2) is 9.98 Å². The van der Waals surface area contributed by atoms with Crippen LogP contribution in [-0.4, -0.2) is 38.1 Å². The minimum Gasteiger partial charge on any atom is -0.483 e. The van der Waals surface area contributed by atoms with E-state index in [2.05, 4.69) is 35.7 Å². The van der Waals surface area contributed by atoms with Crippen LogP contribution in [0.3, 0.4) is 0 Å². The first-order chi connectivity index (χ1) is 8.13. The van der Waals surface area contributed by atoms with Crippen molar-refractivity contribution in [2.45, 2.75) is 39.3 Å². The van der Waals surface area contributed by atoms with Gasteiger partial charge >= 0.3 is 0 Å². The number of hydrogen-bond acceptors (Lipinski definition) is 4. The summed E-state index contributed by atoms with van der Waals surface area (Å²) in [5.74, 6) is 7.50. The Kier molecular flexibility index (Phi) is 5.02. The summed E-state index contributed by atoms with van der Waals surface area (Å²) in [5.41, 5.74) is 0. The van der Waals surface area contributed by atoms with E-state index < -0.39 is 0 Å². The van der Waals surface area contributed by atoms with Gasteiger partial charge in [0.25, 0.3) is 0 Å². The maximum atomic E-state index is 5.31. The third-order valence-corrected chi connectivity index (χ3v) is 2.61. The molecule has 1 aliphatic rings. The second kappa shape index (κ2) is 6.29. The summed E-state index contributed by atoms with van der Waals surface area (Å²) >= 11 is 0. The maximum Gasteiger partial charge on any atom is 0.210 e. The quantitative estimate of drug-likeness (QED) is 0.687. The molecule has 0 aromatic heterocycles. The minimum atomic E-state index is -0.141. The average Bonchev–Trinajstić information content (AvgIpc) is 2.34. The highest BCUT2D eigenvalue weighted by Crippen LogP contribution is 2.18. The van der Waals surface area contributed by atoms with Crippen LogP contribution in [0.5, 0.6) is 0 Å². The molecule has 0 saturated heterocycles. The van der Waals surface area contributed by atoms with Crippen molar-refractivity contribution in [2.24, 2.45) is 15.9 Å². The lowest BCUT2D eigenvalue weighted by Gasteiger charge is -2.26. The molecule has 94 valence electrons. The van der Waals surface area contributed by atoms with Crippen molar-refractivity contribution in [1.82, 2.24) is 0 Å². The van der Waals surface area contributed by atoms with E-state index in [1.165, 1.54) is 0 Å². The molecule has 0 fully saturated rings. The van der Waals surface area contributed by atoms with E-state index in [4.69, 9.17) is 9.47 Å². The van der Waals surface area contributed by atoms with Crippen molar-refractivity contribution >= 4 is 11.8 Å². The van der Waals surface area contributed by atoms with Crippen LogP contribution in [0.25, 0.3) is 0 Å². The van der Waals surface area contributed by atoms with Crippen LogP contribution in [0.4, 0.5) is 0 Å². The Morgan fingerprint density at radius 3 is 2.29 bits per heavy atom. The molecule has 0 amide bonds. The van der Waals surface area contributed by atoms with Crippen LogP contribution in [-0.2, 0) is 9.47 Å². The second-order valence-electron chi connectivity index (χ2n) is 4.18. The predicted molar refractivity (Wildman–Crippen MR) is 69.4 cm³/mol. The lowest BCUT2D eigenvalue weighted by atomic mass is 10.0. The third-order valence-electron chi connectivity index (χ3n) is 2.61. The lowest BCUT2D eigenvalue weighted by Crippen LogP contribution is -2.37. The van der Waals surface area contributed by atoms with E-state index >= 15 is 0 Å². The van der Waals surface area contributed by atoms with Gasteiger partial charge in [-0.1, -0.05) is 13.8 Å². The molecule has 4 nitrogen and oxygen atoms in total. The van der Waals surface area contributed by atoms with Crippen LogP contribution in [0, 0.1) is 17.8 Å². The van der Waals surface area contributed by atoms with Crippen LogP contribution in [0.15, 0.2) is 9.98 Å². The van der Waals surface area contributed by atoms with Crippen molar-refractivity contribution in [3.63, 3.8) is 0 Å². The van der Waals surface area contributed by atoms with Gasteiger partial charge in [0.05, 0.1) is 14.2 Å². The molecule has 4 heteroatoms. The summed E-state index contributed by atoms with van der Waals surface area (Å²) in [6.45, 7) is 5.98. The van der Waals surface area contributed by atoms with Gasteiger partial charge in [0.2, 0.25) is 11.8 Å². The summed E-state index contributed by atoms with van der Waals surface area (Å²) in [6.07, 6.45) is 0.612.